The topological polar surface area (TPSA) is 28.2 Å². The maximum Gasteiger partial charge on any atom is 0.416 e. The van der Waals surface area contributed by atoms with E-state index in [-0.39, 0.29) is 6.04 Å². The van der Waals surface area contributed by atoms with Crippen LogP contribution in [0.4, 0.5) is 19.0 Å². The average molecular weight is 301 g/mol. The molecule has 0 aromatic carbocycles. The summed E-state index contributed by atoms with van der Waals surface area (Å²) in [6, 6.07) is 2.30. The molecule has 1 fully saturated rings. The van der Waals surface area contributed by atoms with Crippen molar-refractivity contribution in [1.82, 2.24) is 10.3 Å². The van der Waals surface area contributed by atoms with Gasteiger partial charge in [-0.15, -0.1) is 0 Å². The molecule has 118 valence electrons. The third-order valence-electron chi connectivity index (χ3n) is 3.90. The van der Waals surface area contributed by atoms with Crippen molar-refractivity contribution in [3.8, 4) is 0 Å². The highest BCUT2D eigenvalue weighted by molar-refractivity contribution is 5.42. The minimum absolute atomic E-state index is 0.121. The van der Waals surface area contributed by atoms with E-state index in [4.69, 9.17) is 0 Å². The van der Waals surface area contributed by atoms with Crippen LogP contribution < -0.4 is 10.2 Å². The first kappa shape index (κ1) is 16.1. The van der Waals surface area contributed by atoms with Crippen LogP contribution in [0.15, 0.2) is 18.3 Å². The maximum atomic E-state index is 12.8. The lowest BCUT2D eigenvalue weighted by Crippen LogP contribution is -2.40. The zero-order chi connectivity index (χ0) is 15.5. The molecule has 2 rings (SSSR count). The van der Waals surface area contributed by atoms with E-state index in [1.807, 2.05) is 18.7 Å². The smallest absolute Gasteiger partial charge is 0.354 e. The van der Waals surface area contributed by atoms with Crippen LogP contribution in [0.5, 0.6) is 0 Å². The summed E-state index contributed by atoms with van der Waals surface area (Å²) in [5, 5.41) is 3.30. The first-order valence-corrected chi connectivity index (χ1v) is 7.38. The van der Waals surface area contributed by atoms with Gasteiger partial charge in [0.05, 0.1) is 5.56 Å². The lowest BCUT2D eigenvalue weighted by atomic mass is 9.97. The van der Waals surface area contributed by atoms with Gasteiger partial charge in [0.1, 0.15) is 5.82 Å². The first-order chi connectivity index (χ1) is 9.88. The number of halogens is 3. The minimum atomic E-state index is -4.32. The van der Waals surface area contributed by atoms with Crippen LogP contribution in [-0.4, -0.2) is 30.7 Å². The van der Waals surface area contributed by atoms with Crippen LogP contribution >= 0.6 is 0 Å². The highest BCUT2D eigenvalue weighted by Gasteiger charge is 2.31. The Bertz CT molecular complexity index is 454. The number of hydrogen-bond donors (Lipinski definition) is 1. The van der Waals surface area contributed by atoms with Crippen molar-refractivity contribution < 1.29 is 13.2 Å². The molecule has 0 spiro atoms. The summed E-state index contributed by atoms with van der Waals surface area (Å²) in [6.07, 6.45) is -0.963. The fourth-order valence-corrected chi connectivity index (χ4v) is 2.66. The van der Waals surface area contributed by atoms with E-state index in [0.29, 0.717) is 11.7 Å². The lowest BCUT2D eigenvalue weighted by molar-refractivity contribution is -0.137. The molecule has 2 heterocycles. The van der Waals surface area contributed by atoms with Gasteiger partial charge in [-0.05, 0) is 57.8 Å². The molecule has 0 atom stereocenters. The van der Waals surface area contributed by atoms with E-state index in [2.05, 4.69) is 10.3 Å². The second-order valence-electron chi connectivity index (χ2n) is 5.84. The number of piperidine rings is 1. The van der Waals surface area contributed by atoms with Crippen LogP contribution in [0.1, 0.15) is 32.3 Å². The standard InChI is InChI=1S/C15H22F3N3/c1-11(2)21(10-12-3-6-19-7-4-12)14-9-13(5-8-20-14)15(16,17)18/h5,8-9,11-12,19H,3-4,6-7,10H2,1-2H3. The molecule has 21 heavy (non-hydrogen) atoms. The number of aromatic nitrogens is 1. The fourth-order valence-electron chi connectivity index (χ4n) is 2.66. The zero-order valence-corrected chi connectivity index (χ0v) is 12.5. The van der Waals surface area contributed by atoms with E-state index in [0.717, 1.165) is 44.6 Å². The molecule has 0 radical (unpaired) electrons. The lowest BCUT2D eigenvalue weighted by Gasteiger charge is -2.34. The minimum Gasteiger partial charge on any atom is -0.354 e. The van der Waals surface area contributed by atoms with Gasteiger partial charge >= 0.3 is 6.18 Å². The van der Waals surface area contributed by atoms with Crippen molar-refractivity contribution in [2.45, 2.75) is 38.9 Å². The molecule has 1 aromatic rings. The van der Waals surface area contributed by atoms with Gasteiger partial charge < -0.3 is 10.2 Å². The summed E-state index contributed by atoms with van der Waals surface area (Å²) >= 11 is 0. The quantitative estimate of drug-likeness (QED) is 0.925. The van der Waals surface area contributed by atoms with Crippen LogP contribution in [0.25, 0.3) is 0 Å². The summed E-state index contributed by atoms with van der Waals surface area (Å²) in [5.41, 5.74) is -0.636. The Morgan fingerprint density at radius 1 is 1.33 bits per heavy atom. The van der Waals surface area contributed by atoms with E-state index in [1.165, 1.54) is 6.20 Å². The molecule has 1 N–H and O–H groups in total. The number of anilines is 1. The van der Waals surface area contributed by atoms with Crippen molar-refractivity contribution in [1.29, 1.82) is 0 Å². The number of pyridine rings is 1. The van der Waals surface area contributed by atoms with Crippen LogP contribution in [0.3, 0.4) is 0 Å². The van der Waals surface area contributed by atoms with E-state index >= 15 is 0 Å². The highest BCUT2D eigenvalue weighted by atomic mass is 19.4. The molecule has 1 aliphatic rings. The Morgan fingerprint density at radius 2 is 2.00 bits per heavy atom. The van der Waals surface area contributed by atoms with E-state index < -0.39 is 11.7 Å². The molecular formula is C15H22F3N3. The maximum absolute atomic E-state index is 12.8. The molecule has 1 aromatic heterocycles. The third-order valence-corrected chi connectivity index (χ3v) is 3.90. The molecule has 6 heteroatoms. The molecule has 0 unspecified atom stereocenters. The van der Waals surface area contributed by atoms with E-state index in [1.54, 1.807) is 0 Å². The summed E-state index contributed by atoms with van der Waals surface area (Å²) < 4.78 is 38.5. The van der Waals surface area contributed by atoms with Crippen LogP contribution in [-0.2, 0) is 6.18 Å². The second-order valence-corrected chi connectivity index (χ2v) is 5.84. The second kappa shape index (κ2) is 6.64. The number of alkyl halides is 3. The Balaban J connectivity index is 2.17. The normalized spacial score (nSPS) is 17.2. The summed E-state index contributed by atoms with van der Waals surface area (Å²) in [7, 11) is 0. The van der Waals surface area contributed by atoms with Crippen molar-refractivity contribution in [2.75, 3.05) is 24.5 Å². The molecule has 3 nitrogen and oxygen atoms in total. The molecule has 0 aliphatic carbocycles. The van der Waals surface area contributed by atoms with Gasteiger partial charge in [0.25, 0.3) is 0 Å². The highest BCUT2D eigenvalue weighted by Crippen LogP contribution is 2.31. The van der Waals surface area contributed by atoms with Crippen LogP contribution in [0.2, 0.25) is 0 Å². The summed E-state index contributed by atoms with van der Waals surface area (Å²) in [4.78, 5) is 6.13. The SMILES string of the molecule is CC(C)N(CC1CCNCC1)c1cc(C(F)(F)F)ccn1. The Hall–Kier alpha value is -1.30. The van der Waals surface area contributed by atoms with Gasteiger partial charge in [0, 0.05) is 18.8 Å². The number of hydrogen-bond acceptors (Lipinski definition) is 3. The number of nitrogens with zero attached hydrogens (tertiary/aromatic N) is 2. The first-order valence-electron chi connectivity index (χ1n) is 7.38. The van der Waals surface area contributed by atoms with Gasteiger partial charge in [0.2, 0.25) is 0 Å². The van der Waals surface area contributed by atoms with Gasteiger partial charge in [-0.2, -0.15) is 13.2 Å². The van der Waals surface area contributed by atoms with Crippen LogP contribution in [0, 0.1) is 5.92 Å². The fraction of sp³-hybridized carbons (Fsp3) is 0.667. The predicted molar refractivity (Wildman–Crippen MR) is 77.3 cm³/mol. The molecule has 0 amide bonds. The molecule has 0 bridgehead atoms. The predicted octanol–water partition coefficient (Wildman–Crippen LogP) is 3.31. The Morgan fingerprint density at radius 3 is 2.57 bits per heavy atom. The van der Waals surface area contributed by atoms with Gasteiger partial charge in [-0.3, -0.25) is 0 Å². The largest absolute Gasteiger partial charge is 0.416 e. The third kappa shape index (κ3) is 4.33. The molecule has 1 saturated heterocycles. The number of rotatable bonds is 4. The summed E-state index contributed by atoms with van der Waals surface area (Å²) in [5.74, 6) is 0.920. The molecule has 1 aliphatic heterocycles. The monoisotopic (exact) mass is 301 g/mol. The van der Waals surface area contributed by atoms with Gasteiger partial charge in [-0.25, -0.2) is 4.98 Å². The van der Waals surface area contributed by atoms with E-state index in [9.17, 15) is 13.2 Å². The Labute approximate surface area is 123 Å². The Kier molecular flexibility index (Phi) is 5.08. The van der Waals surface area contributed by atoms with Gasteiger partial charge in [0.15, 0.2) is 0 Å². The number of nitrogens with one attached hydrogen (secondary N) is 1. The van der Waals surface area contributed by atoms with Crippen molar-refractivity contribution in [3.05, 3.63) is 23.9 Å². The molecular weight excluding hydrogens is 279 g/mol. The van der Waals surface area contributed by atoms with Crippen molar-refractivity contribution >= 4 is 5.82 Å². The van der Waals surface area contributed by atoms with Crippen molar-refractivity contribution in [3.63, 3.8) is 0 Å². The molecule has 0 saturated carbocycles. The van der Waals surface area contributed by atoms with Gasteiger partial charge in [-0.1, -0.05) is 0 Å². The average Bonchev–Trinajstić information content (AvgIpc) is 2.45. The van der Waals surface area contributed by atoms with Crippen molar-refractivity contribution in [2.24, 2.45) is 5.92 Å². The zero-order valence-electron chi connectivity index (χ0n) is 12.5. The summed E-state index contributed by atoms with van der Waals surface area (Å²) in [6.45, 7) is 6.69.